The molecule has 1 aliphatic carbocycles. The SMILES string of the molecule is O=C(CSCc1ccccc1Cl)N1N=C2CCCCC[C@@H]2[C@@]1(O)C(F)(F)F. The van der Waals surface area contributed by atoms with Crippen LogP contribution >= 0.6 is 23.4 Å². The molecule has 2 aliphatic rings. The molecule has 9 heteroatoms. The summed E-state index contributed by atoms with van der Waals surface area (Å²) in [6.45, 7) is 0. The van der Waals surface area contributed by atoms with Crippen LogP contribution in [0.1, 0.15) is 37.7 Å². The number of thioether (sulfide) groups is 1. The van der Waals surface area contributed by atoms with E-state index in [0.717, 1.165) is 23.7 Å². The second kappa shape index (κ2) is 8.01. The molecule has 1 saturated carbocycles. The van der Waals surface area contributed by atoms with E-state index < -0.39 is 23.7 Å². The first-order valence-electron chi connectivity index (χ1n) is 8.76. The lowest BCUT2D eigenvalue weighted by Gasteiger charge is -2.37. The summed E-state index contributed by atoms with van der Waals surface area (Å²) >= 11 is 7.19. The van der Waals surface area contributed by atoms with Gasteiger partial charge in [-0.05, 0) is 30.9 Å². The van der Waals surface area contributed by atoms with Gasteiger partial charge in [0, 0.05) is 16.5 Å². The van der Waals surface area contributed by atoms with Crippen molar-refractivity contribution in [3.05, 3.63) is 34.9 Å². The molecule has 1 aromatic carbocycles. The molecule has 1 aliphatic heterocycles. The van der Waals surface area contributed by atoms with Crippen LogP contribution < -0.4 is 0 Å². The highest BCUT2D eigenvalue weighted by Gasteiger charge is 2.68. The van der Waals surface area contributed by atoms with Gasteiger partial charge in [-0.1, -0.05) is 42.6 Å². The second-order valence-corrected chi connectivity index (χ2v) is 8.15. The van der Waals surface area contributed by atoms with Crippen LogP contribution in [0.4, 0.5) is 13.2 Å². The average Bonchev–Trinajstić information content (AvgIpc) is 2.76. The third kappa shape index (κ3) is 3.98. The second-order valence-electron chi connectivity index (χ2n) is 6.76. The van der Waals surface area contributed by atoms with Gasteiger partial charge in [-0.15, -0.1) is 11.8 Å². The van der Waals surface area contributed by atoms with Gasteiger partial charge in [-0.2, -0.15) is 23.3 Å². The summed E-state index contributed by atoms with van der Waals surface area (Å²) in [6, 6.07) is 7.07. The van der Waals surface area contributed by atoms with E-state index in [4.69, 9.17) is 11.6 Å². The molecule has 3 rings (SSSR count). The van der Waals surface area contributed by atoms with Crippen molar-refractivity contribution in [2.45, 2.75) is 49.8 Å². The summed E-state index contributed by atoms with van der Waals surface area (Å²) < 4.78 is 41.3. The molecule has 27 heavy (non-hydrogen) atoms. The minimum atomic E-state index is -4.98. The molecule has 4 nitrogen and oxygen atoms in total. The van der Waals surface area contributed by atoms with Gasteiger partial charge in [-0.3, -0.25) is 4.79 Å². The van der Waals surface area contributed by atoms with E-state index in [0.29, 0.717) is 30.0 Å². The largest absolute Gasteiger partial charge is 0.439 e. The fourth-order valence-electron chi connectivity index (χ4n) is 3.57. The summed E-state index contributed by atoms with van der Waals surface area (Å²) in [5, 5.41) is 15.3. The summed E-state index contributed by atoms with van der Waals surface area (Å²) in [4.78, 5) is 12.5. The monoisotopic (exact) mass is 420 g/mol. The lowest BCUT2D eigenvalue weighted by atomic mass is 9.87. The van der Waals surface area contributed by atoms with Crippen LogP contribution in [0.15, 0.2) is 29.4 Å². The summed E-state index contributed by atoms with van der Waals surface area (Å²) in [5.74, 6) is -1.89. The number of rotatable bonds is 4. The number of halogens is 4. The number of hydrogen-bond acceptors (Lipinski definition) is 4. The Morgan fingerprint density at radius 1 is 1.33 bits per heavy atom. The van der Waals surface area contributed by atoms with Gasteiger partial charge < -0.3 is 5.11 Å². The Kier molecular flexibility index (Phi) is 6.08. The van der Waals surface area contributed by atoms with Crippen molar-refractivity contribution in [3.63, 3.8) is 0 Å². The number of fused-ring (bicyclic) bond motifs is 1. The zero-order chi connectivity index (χ0) is 19.7. The minimum absolute atomic E-state index is 0.172. The maximum Gasteiger partial charge on any atom is 0.439 e. The molecule has 148 valence electrons. The fraction of sp³-hybridized carbons (Fsp3) is 0.556. The summed E-state index contributed by atoms with van der Waals surface area (Å²) in [7, 11) is 0. The van der Waals surface area contributed by atoms with Crippen LogP contribution in [-0.4, -0.2) is 39.4 Å². The van der Waals surface area contributed by atoms with Gasteiger partial charge in [0.15, 0.2) is 0 Å². The highest BCUT2D eigenvalue weighted by Crippen LogP contribution is 2.47. The summed E-state index contributed by atoms with van der Waals surface area (Å²) in [5.41, 5.74) is -2.19. The van der Waals surface area contributed by atoms with Crippen molar-refractivity contribution in [1.29, 1.82) is 0 Å². The van der Waals surface area contributed by atoms with Crippen molar-refractivity contribution in [2.24, 2.45) is 11.0 Å². The number of aliphatic hydroxyl groups is 1. The van der Waals surface area contributed by atoms with E-state index in [-0.39, 0.29) is 22.9 Å². The quantitative estimate of drug-likeness (QED) is 0.774. The molecule has 0 unspecified atom stereocenters. The van der Waals surface area contributed by atoms with Crippen LogP contribution in [0.5, 0.6) is 0 Å². The number of nitrogens with zero attached hydrogens (tertiary/aromatic N) is 2. The van der Waals surface area contributed by atoms with Gasteiger partial charge in [0.25, 0.3) is 11.6 Å². The predicted octanol–water partition coefficient (Wildman–Crippen LogP) is 4.60. The van der Waals surface area contributed by atoms with E-state index in [9.17, 15) is 23.1 Å². The zero-order valence-electron chi connectivity index (χ0n) is 14.5. The van der Waals surface area contributed by atoms with Crippen LogP contribution in [-0.2, 0) is 10.5 Å². The van der Waals surface area contributed by atoms with E-state index in [1.807, 2.05) is 0 Å². The average molecular weight is 421 g/mol. The summed E-state index contributed by atoms with van der Waals surface area (Å²) in [6.07, 6.45) is -2.34. The lowest BCUT2D eigenvalue weighted by Crippen LogP contribution is -2.61. The molecule has 1 aromatic rings. The van der Waals surface area contributed by atoms with E-state index in [1.54, 1.807) is 24.3 Å². The molecular formula is C18H20ClF3N2O2S. The van der Waals surface area contributed by atoms with Crippen LogP contribution in [0.3, 0.4) is 0 Å². The molecule has 0 bridgehead atoms. The van der Waals surface area contributed by atoms with Crippen molar-refractivity contribution in [2.75, 3.05) is 5.75 Å². The molecule has 1 fully saturated rings. The molecule has 2 atom stereocenters. The molecule has 1 amide bonds. The van der Waals surface area contributed by atoms with Gasteiger partial charge in [0.2, 0.25) is 0 Å². The number of carbonyl (C=O) groups excluding carboxylic acids is 1. The first-order valence-corrected chi connectivity index (χ1v) is 10.3. The Morgan fingerprint density at radius 2 is 2.07 bits per heavy atom. The number of hydrogen-bond donors (Lipinski definition) is 1. The number of alkyl halides is 3. The molecule has 0 radical (unpaired) electrons. The maximum absolute atomic E-state index is 13.8. The van der Waals surface area contributed by atoms with Crippen LogP contribution in [0.2, 0.25) is 5.02 Å². The first-order chi connectivity index (χ1) is 12.7. The van der Waals surface area contributed by atoms with Crippen molar-refractivity contribution < 1.29 is 23.1 Å². The molecule has 0 aromatic heterocycles. The van der Waals surface area contributed by atoms with Gasteiger partial charge in [0.1, 0.15) is 0 Å². The third-order valence-electron chi connectivity index (χ3n) is 4.96. The maximum atomic E-state index is 13.8. The molecule has 1 N–H and O–H groups in total. The van der Waals surface area contributed by atoms with Crippen molar-refractivity contribution in [1.82, 2.24) is 5.01 Å². The van der Waals surface area contributed by atoms with Crippen molar-refractivity contribution in [3.8, 4) is 0 Å². The smallest absolute Gasteiger partial charge is 0.362 e. The third-order valence-corrected chi connectivity index (χ3v) is 6.29. The standard InChI is InChI=1S/C18H20ClF3N2O2S/c19-14-8-5-4-6-12(14)10-27-11-16(25)24-17(26,18(20,21)22)13-7-2-1-3-9-15(13)23-24/h4-6,8,13,26H,1-3,7,9-11H2/t13-,17+/m0/s1. The van der Waals surface area contributed by atoms with Gasteiger partial charge in [-0.25, -0.2) is 0 Å². The van der Waals surface area contributed by atoms with E-state index in [2.05, 4.69) is 5.10 Å². The number of carbonyl (C=O) groups is 1. The Labute approximate surface area is 164 Å². The fourth-order valence-corrected chi connectivity index (χ4v) is 4.72. The zero-order valence-corrected chi connectivity index (χ0v) is 16.1. The van der Waals surface area contributed by atoms with Crippen LogP contribution in [0, 0.1) is 5.92 Å². The molecular weight excluding hydrogens is 401 g/mol. The number of amides is 1. The topological polar surface area (TPSA) is 52.9 Å². The molecule has 0 saturated heterocycles. The highest BCUT2D eigenvalue weighted by molar-refractivity contribution is 7.99. The molecule has 0 spiro atoms. The number of benzene rings is 1. The highest BCUT2D eigenvalue weighted by atomic mass is 35.5. The molecule has 1 heterocycles. The van der Waals surface area contributed by atoms with E-state index >= 15 is 0 Å². The van der Waals surface area contributed by atoms with Crippen molar-refractivity contribution >= 4 is 35.0 Å². The Morgan fingerprint density at radius 3 is 2.78 bits per heavy atom. The Balaban J connectivity index is 1.74. The number of hydrazone groups is 1. The van der Waals surface area contributed by atoms with Gasteiger partial charge in [0.05, 0.1) is 11.7 Å². The normalized spacial score (nSPS) is 25.7. The Hall–Kier alpha value is -1.25. The Bertz CT molecular complexity index is 744. The predicted molar refractivity (Wildman–Crippen MR) is 99.5 cm³/mol. The van der Waals surface area contributed by atoms with Crippen LogP contribution in [0.25, 0.3) is 0 Å². The lowest BCUT2D eigenvalue weighted by molar-refractivity contribution is -0.316. The van der Waals surface area contributed by atoms with E-state index in [1.165, 1.54) is 0 Å². The first kappa shape index (κ1) is 20.5. The minimum Gasteiger partial charge on any atom is -0.362 e. The van der Waals surface area contributed by atoms with Gasteiger partial charge >= 0.3 is 6.18 Å².